The molecule has 0 aromatic rings. The highest BCUT2D eigenvalue weighted by atomic mass is 16.1. The number of allylic oxidation sites excluding steroid dienone is 2. The minimum atomic E-state index is 0.254. The van der Waals surface area contributed by atoms with Crippen LogP contribution in [-0.4, -0.2) is 5.78 Å². The Morgan fingerprint density at radius 1 is 1.25 bits per heavy atom. The number of carbonyl (C=O) groups excluding carboxylic acids is 1. The van der Waals surface area contributed by atoms with Gasteiger partial charge in [0.2, 0.25) is 0 Å². The highest BCUT2D eigenvalue weighted by Crippen LogP contribution is 2.69. The van der Waals surface area contributed by atoms with E-state index >= 15 is 0 Å². The molecule has 2 saturated carbocycles. The quantitative estimate of drug-likeness (QED) is 0.608. The van der Waals surface area contributed by atoms with Crippen molar-refractivity contribution >= 4 is 5.78 Å². The van der Waals surface area contributed by atoms with Crippen LogP contribution < -0.4 is 0 Å². The number of fused-ring (bicyclic) bond motifs is 3. The predicted molar refractivity (Wildman–Crippen MR) is 64.9 cm³/mol. The van der Waals surface area contributed by atoms with Crippen molar-refractivity contribution in [2.45, 2.75) is 40.5 Å². The van der Waals surface area contributed by atoms with Crippen LogP contribution in [0.4, 0.5) is 0 Å². The zero-order valence-corrected chi connectivity index (χ0v) is 10.8. The molecule has 2 fully saturated rings. The fraction of sp³-hybridized carbons (Fsp3) is 0.800. The first kappa shape index (κ1) is 10.6. The molecule has 88 valence electrons. The molecule has 0 N–H and O–H groups in total. The van der Waals surface area contributed by atoms with Crippen LogP contribution in [0.3, 0.4) is 0 Å². The highest BCUT2D eigenvalue weighted by Gasteiger charge is 2.64. The number of hydrogen-bond donors (Lipinski definition) is 0. The predicted octanol–water partition coefficient (Wildman–Crippen LogP) is 3.45. The molecular weight excluding hydrogens is 196 g/mol. The van der Waals surface area contributed by atoms with Crippen molar-refractivity contribution in [3.8, 4) is 0 Å². The van der Waals surface area contributed by atoms with Crippen molar-refractivity contribution in [2.75, 3.05) is 0 Å². The third-order valence-corrected chi connectivity index (χ3v) is 5.69. The minimum Gasteiger partial charge on any atom is -0.295 e. The molecular formula is C15H22O. The highest BCUT2D eigenvalue weighted by molar-refractivity contribution is 5.95. The monoisotopic (exact) mass is 218 g/mol. The van der Waals surface area contributed by atoms with Gasteiger partial charge >= 0.3 is 0 Å². The summed E-state index contributed by atoms with van der Waals surface area (Å²) in [4.78, 5) is 11.9. The fourth-order valence-corrected chi connectivity index (χ4v) is 4.49. The molecule has 1 heteroatoms. The largest absolute Gasteiger partial charge is 0.295 e. The third-order valence-electron chi connectivity index (χ3n) is 5.69. The SMILES string of the molecule is C[C@@H]1CC[C@@H]2[C@H]([C@H]3C1=CC(=O)[C@H]3C)C2(C)C. The molecule has 0 radical (unpaired) electrons. The van der Waals surface area contributed by atoms with Crippen LogP contribution in [0.15, 0.2) is 11.6 Å². The molecule has 0 spiro atoms. The molecule has 16 heavy (non-hydrogen) atoms. The van der Waals surface area contributed by atoms with Crippen molar-refractivity contribution in [2.24, 2.45) is 35.0 Å². The summed E-state index contributed by atoms with van der Waals surface area (Å²) in [5, 5.41) is 0. The van der Waals surface area contributed by atoms with E-state index in [1.807, 2.05) is 6.08 Å². The summed E-state index contributed by atoms with van der Waals surface area (Å²) >= 11 is 0. The number of rotatable bonds is 0. The number of hydrogen-bond acceptors (Lipinski definition) is 1. The molecule has 0 unspecified atom stereocenters. The summed E-state index contributed by atoms with van der Waals surface area (Å²) in [7, 11) is 0. The van der Waals surface area contributed by atoms with Gasteiger partial charge in [-0.2, -0.15) is 0 Å². The Morgan fingerprint density at radius 2 is 1.94 bits per heavy atom. The van der Waals surface area contributed by atoms with Gasteiger partial charge in [0.1, 0.15) is 0 Å². The standard InChI is InChI=1S/C15H22O/c1-8-5-6-11-14(15(11,3)4)13-9(2)12(16)7-10(8)13/h7-9,11,13-14H,5-6H2,1-4H3/t8-,9-,11-,13-,14-/m1/s1. The van der Waals surface area contributed by atoms with E-state index < -0.39 is 0 Å². The van der Waals surface area contributed by atoms with Crippen molar-refractivity contribution in [1.29, 1.82) is 0 Å². The normalized spacial score (nSPS) is 49.1. The second kappa shape index (κ2) is 3.00. The lowest BCUT2D eigenvalue weighted by atomic mass is 9.80. The molecule has 0 heterocycles. The molecule has 0 amide bonds. The fourth-order valence-electron chi connectivity index (χ4n) is 4.49. The Morgan fingerprint density at radius 3 is 2.62 bits per heavy atom. The van der Waals surface area contributed by atoms with Gasteiger partial charge in [-0.25, -0.2) is 0 Å². The van der Waals surface area contributed by atoms with Gasteiger partial charge in [-0.15, -0.1) is 0 Å². The minimum absolute atomic E-state index is 0.254. The topological polar surface area (TPSA) is 17.1 Å². The lowest BCUT2D eigenvalue weighted by molar-refractivity contribution is -0.118. The van der Waals surface area contributed by atoms with Gasteiger partial charge in [0.25, 0.3) is 0 Å². The number of ketones is 1. The maximum Gasteiger partial charge on any atom is 0.159 e. The maximum absolute atomic E-state index is 11.9. The second-order valence-corrected chi connectivity index (χ2v) is 6.79. The van der Waals surface area contributed by atoms with Crippen LogP contribution in [0.2, 0.25) is 0 Å². The van der Waals surface area contributed by atoms with Gasteiger partial charge in [-0.3, -0.25) is 4.79 Å². The van der Waals surface area contributed by atoms with Crippen LogP contribution in [0.1, 0.15) is 40.5 Å². The van der Waals surface area contributed by atoms with E-state index in [0.29, 0.717) is 23.0 Å². The van der Waals surface area contributed by atoms with Gasteiger partial charge in [0.15, 0.2) is 5.78 Å². The molecule has 0 aliphatic heterocycles. The summed E-state index contributed by atoms with van der Waals surface area (Å²) in [5.74, 6) is 3.51. The molecule has 0 saturated heterocycles. The van der Waals surface area contributed by atoms with E-state index in [0.717, 1.165) is 11.8 Å². The van der Waals surface area contributed by atoms with Gasteiger partial charge in [0.05, 0.1) is 0 Å². The summed E-state index contributed by atoms with van der Waals surface area (Å²) in [6.07, 6.45) is 4.64. The Kier molecular flexibility index (Phi) is 1.98. The van der Waals surface area contributed by atoms with Gasteiger partial charge in [-0.1, -0.05) is 33.3 Å². The Balaban J connectivity index is 2.00. The molecule has 0 aromatic heterocycles. The molecule has 0 aromatic carbocycles. The van der Waals surface area contributed by atoms with Crippen LogP contribution in [0.25, 0.3) is 0 Å². The van der Waals surface area contributed by atoms with Gasteiger partial charge < -0.3 is 0 Å². The van der Waals surface area contributed by atoms with Crippen LogP contribution in [-0.2, 0) is 4.79 Å². The van der Waals surface area contributed by atoms with E-state index in [-0.39, 0.29) is 5.92 Å². The van der Waals surface area contributed by atoms with E-state index in [1.165, 1.54) is 18.4 Å². The summed E-state index contributed by atoms with van der Waals surface area (Å²) < 4.78 is 0. The molecule has 3 rings (SSSR count). The smallest absolute Gasteiger partial charge is 0.159 e. The van der Waals surface area contributed by atoms with Gasteiger partial charge in [0, 0.05) is 5.92 Å². The lowest BCUT2D eigenvalue weighted by Crippen LogP contribution is -2.19. The Labute approximate surface area is 98.3 Å². The van der Waals surface area contributed by atoms with E-state index in [1.54, 1.807) is 0 Å². The number of carbonyl (C=O) groups is 1. The molecule has 3 aliphatic carbocycles. The first-order valence-electron chi connectivity index (χ1n) is 6.70. The van der Waals surface area contributed by atoms with Crippen LogP contribution >= 0.6 is 0 Å². The average molecular weight is 218 g/mol. The third kappa shape index (κ3) is 1.15. The molecule has 5 atom stereocenters. The zero-order chi connectivity index (χ0) is 11.7. The summed E-state index contributed by atoms with van der Waals surface area (Å²) in [6.45, 7) is 9.23. The first-order chi connectivity index (χ1) is 7.44. The van der Waals surface area contributed by atoms with Crippen molar-refractivity contribution < 1.29 is 4.79 Å². The molecule has 3 aliphatic rings. The Bertz CT molecular complexity index is 377. The second-order valence-electron chi connectivity index (χ2n) is 6.79. The Hall–Kier alpha value is -0.590. The van der Waals surface area contributed by atoms with E-state index in [2.05, 4.69) is 27.7 Å². The summed E-state index contributed by atoms with van der Waals surface area (Å²) in [5.41, 5.74) is 1.97. The van der Waals surface area contributed by atoms with E-state index in [4.69, 9.17) is 0 Å². The average Bonchev–Trinajstić information content (AvgIpc) is 2.68. The van der Waals surface area contributed by atoms with E-state index in [9.17, 15) is 4.79 Å². The van der Waals surface area contributed by atoms with Crippen molar-refractivity contribution in [1.82, 2.24) is 0 Å². The lowest BCUT2D eigenvalue weighted by Gasteiger charge is -2.23. The van der Waals surface area contributed by atoms with Gasteiger partial charge in [-0.05, 0) is 48.0 Å². The molecule has 0 bridgehead atoms. The van der Waals surface area contributed by atoms with Crippen molar-refractivity contribution in [3.63, 3.8) is 0 Å². The summed E-state index contributed by atoms with van der Waals surface area (Å²) in [6, 6.07) is 0. The molecule has 1 nitrogen and oxygen atoms in total. The first-order valence-corrected chi connectivity index (χ1v) is 6.70. The van der Waals surface area contributed by atoms with Crippen molar-refractivity contribution in [3.05, 3.63) is 11.6 Å². The zero-order valence-electron chi connectivity index (χ0n) is 10.8. The van der Waals surface area contributed by atoms with Crippen LogP contribution in [0.5, 0.6) is 0 Å². The maximum atomic E-state index is 11.9. The van der Waals surface area contributed by atoms with Crippen LogP contribution in [0, 0.1) is 35.0 Å².